The molecule has 9 nitrogen and oxygen atoms in total. The van der Waals surface area contributed by atoms with Crippen molar-refractivity contribution in [3.8, 4) is 11.1 Å². The minimum atomic E-state index is -4.82. The largest absolute Gasteiger partial charge is 0.494 e. The Morgan fingerprint density at radius 1 is 0.980 bits per heavy atom. The van der Waals surface area contributed by atoms with Crippen LogP contribution >= 0.6 is 0 Å². The molecule has 14 heteroatoms. The fourth-order valence-electron chi connectivity index (χ4n) is 7.19. The topological polar surface area (TPSA) is 94.2 Å². The summed E-state index contributed by atoms with van der Waals surface area (Å²) in [6.07, 6.45) is 1.24. The van der Waals surface area contributed by atoms with Crippen LogP contribution in [0.4, 0.5) is 19.0 Å². The first kappa shape index (κ1) is 39.4. The van der Waals surface area contributed by atoms with E-state index in [1.165, 1.54) is 37.6 Å². The lowest BCUT2D eigenvalue weighted by molar-refractivity contribution is -0.207. The molecule has 0 aromatic carbocycles. The number of nitrogens with zero attached hydrogens (tertiary/aromatic N) is 5. The van der Waals surface area contributed by atoms with Crippen molar-refractivity contribution < 1.29 is 32.5 Å². The number of alkyl halides is 3. The lowest BCUT2D eigenvalue weighted by Gasteiger charge is -2.33. The van der Waals surface area contributed by atoms with Gasteiger partial charge in [-0.3, -0.25) is 4.98 Å². The Morgan fingerprint density at radius 2 is 1.59 bits per heavy atom. The van der Waals surface area contributed by atoms with Crippen molar-refractivity contribution in [3.63, 3.8) is 0 Å². The minimum absolute atomic E-state index is 0.167. The van der Waals surface area contributed by atoms with Gasteiger partial charge in [0.25, 0.3) is 0 Å². The smallest absolute Gasteiger partial charge is 0.420 e. The van der Waals surface area contributed by atoms with Crippen molar-refractivity contribution in [2.45, 2.75) is 109 Å². The van der Waals surface area contributed by atoms with Gasteiger partial charge in [0.2, 0.25) is 0 Å². The summed E-state index contributed by atoms with van der Waals surface area (Å²) in [5, 5.41) is 14.6. The summed E-state index contributed by atoms with van der Waals surface area (Å²) >= 11 is 0. The van der Waals surface area contributed by atoms with Gasteiger partial charge < -0.3 is 24.2 Å². The summed E-state index contributed by atoms with van der Waals surface area (Å²) in [6.45, 7) is 22.4. The molecule has 2 fully saturated rings. The monoisotopic (exact) mass is 747 g/mol. The van der Waals surface area contributed by atoms with Crippen LogP contribution in [0, 0.1) is 11.8 Å². The van der Waals surface area contributed by atoms with Gasteiger partial charge in [0.1, 0.15) is 25.0 Å². The number of aromatic nitrogens is 4. The first-order valence-electron chi connectivity index (χ1n) is 18.3. The van der Waals surface area contributed by atoms with Gasteiger partial charge in [0, 0.05) is 52.6 Å². The van der Waals surface area contributed by atoms with Crippen LogP contribution in [0.2, 0.25) is 51.4 Å². The number of halogens is 3. The van der Waals surface area contributed by atoms with Crippen molar-refractivity contribution >= 4 is 33.4 Å². The van der Waals surface area contributed by atoms with E-state index in [4.69, 9.17) is 24.3 Å². The molecule has 0 spiro atoms. The highest BCUT2D eigenvalue weighted by Gasteiger charge is 2.41. The molecule has 2 aliphatic carbocycles. The molecule has 3 aromatic heterocycles. The zero-order valence-corrected chi connectivity index (χ0v) is 33.4. The molecule has 0 amide bonds. The van der Waals surface area contributed by atoms with Crippen molar-refractivity contribution in [1.29, 1.82) is 0 Å². The van der Waals surface area contributed by atoms with Gasteiger partial charge in [-0.15, -0.1) is 0 Å². The molecule has 4 atom stereocenters. The van der Waals surface area contributed by atoms with Gasteiger partial charge in [-0.1, -0.05) is 64.8 Å². The molecule has 0 saturated heterocycles. The number of hydrogen-bond acceptors (Lipinski definition) is 8. The Hall–Kier alpha value is -2.79. The molecule has 3 aromatic rings. The number of fused-ring (bicyclic) bond motifs is 3. The molecule has 2 saturated carbocycles. The molecule has 3 heterocycles. The van der Waals surface area contributed by atoms with Gasteiger partial charge in [0.05, 0.1) is 29.8 Å². The fourth-order valence-corrected chi connectivity index (χ4v) is 8.70. The average molecular weight is 748 g/mol. The summed E-state index contributed by atoms with van der Waals surface area (Å²) in [6, 6.07) is 4.75. The summed E-state index contributed by atoms with van der Waals surface area (Å²) in [4.78, 5) is 11.4. The van der Waals surface area contributed by atoms with Crippen molar-refractivity contribution in [3.05, 3.63) is 48.1 Å². The minimum Gasteiger partial charge on any atom is -0.494 e. The van der Waals surface area contributed by atoms with Crippen molar-refractivity contribution in [2.24, 2.45) is 11.8 Å². The van der Waals surface area contributed by atoms with Crippen molar-refractivity contribution in [2.75, 3.05) is 38.2 Å². The number of aliphatic hydroxyl groups is 1. The van der Waals surface area contributed by atoms with Crippen LogP contribution in [0.1, 0.15) is 68.0 Å². The third-order valence-corrected chi connectivity index (χ3v) is 13.4. The maximum atomic E-state index is 13.3. The van der Waals surface area contributed by atoms with E-state index < -0.39 is 34.1 Å². The van der Waals surface area contributed by atoms with E-state index in [1.807, 2.05) is 6.92 Å². The third kappa shape index (κ3) is 10.0. The maximum absolute atomic E-state index is 13.3. The van der Waals surface area contributed by atoms with Gasteiger partial charge in [0.15, 0.2) is 11.8 Å². The Balaban J connectivity index is 1.66. The molecule has 5 rings (SSSR count). The Labute approximate surface area is 302 Å². The summed E-state index contributed by atoms with van der Waals surface area (Å²) in [5.41, 5.74) is 2.91. The molecule has 2 aliphatic rings. The summed E-state index contributed by atoms with van der Waals surface area (Å²) < 4.78 is 60.5. The average Bonchev–Trinajstić information content (AvgIpc) is 3.63. The van der Waals surface area contributed by atoms with E-state index in [0.717, 1.165) is 36.2 Å². The maximum Gasteiger partial charge on any atom is 0.420 e. The highest BCUT2D eigenvalue weighted by Crippen LogP contribution is 2.50. The van der Waals surface area contributed by atoms with E-state index in [-0.39, 0.29) is 19.4 Å². The first-order valence-corrected chi connectivity index (χ1v) is 25.7. The highest BCUT2D eigenvalue weighted by molar-refractivity contribution is 6.76. The first-order chi connectivity index (χ1) is 23.9. The van der Waals surface area contributed by atoms with Gasteiger partial charge in [-0.05, 0) is 56.2 Å². The zero-order valence-electron chi connectivity index (χ0n) is 31.4. The molecule has 51 heavy (non-hydrogen) atoms. The fraction of sp³-hybridized carbons (Fsp3) is 0.649. The second kappa shape index (κ2) is 16.1. The van der Waals surface area contributed by atoms with E-state index in [1.54, 1.807) is 10.7 Å². The number of aliphatic hydroxyl groups excluding tert-OH is 1. The van der Waals surface area contributed by atoms with Crippen LogP contribution < -0.4 is 4.90 Å². The SMILES string of the molecule is C=C(OCC)c1c([C@H]2C[C@@H]3CC[C@@H](C3)C2)nc2c(-c3ccc(C(O)C(F)(F)F)nc3)cnn2c1N(COCC[Si](C)(C)C)COCC[Si](C)(C)C. The zero-order chi connectivity index (χ0) is 37.1. The quantitative estimate of drug-likeness (QED) is 0.0633. The molecule has 1 N–H and O–H groups in total. The number of ether oxygens (including phenoxy) is 3. The molecule has 0 aliphatic heterocycles. The standard InChI is InChI=1S/C37H56F3N5O4Si2/c1-9-49-25(2)32-33(29-19-26-10-11-27(18-26)20-29)43-35-30(28-12-13-31(41-21-28)34(46)37(38,39)40)22-42-45(35)36(32)44(23-47-14-16-50(3,4)5)24-48-15-17-51(6,7)8/h12-13,21-22,26-27,29,34,46H,2,9-11,14-20,23-24H2,1,3-8H3/t26-,27+,29+,34?. The molecular weight excluding hydrogens is 692 g/mol. The van der Waals surface area contributed by atoms with E-state index in [9.17, 15) is 18.3 Å². The predicted octanol–water partition coefficient (Wildman–Crippen LogP) is 9.12. The molecular formula is C37H56F3N5O4Si2. The van der Waals surface area contributed by atoms with E-state index in [2.05, 4.69) is 55.7 Å². The van der Waals surface area contributed by atoms with E-state index in [0.29, 0.717) is 60.0 Å². The highest BCUT2D eigenvalue weighted by atomic mass is 28.3. The second-order valence-electron chi connectivity index (χ2n) is 16.7. The summed E-state index contributed by atoms with van der Waals surface area (Å²) in [5.74, 6) is 2.65. The van der Waals surface area contributed by atoms with E-state index >= 15 is 0 Å². The normalized spacial score (nSPS) is 20.2. The van der Waals surface area contributed by atoms with Crippen LogP contribution in [0.25, 0.3) is 22.5 Å². The number of hydrogen-bond donors (Lipinski definition) is 1. The van der Waals surface area contributed by atoms with Gasteiger partial charge >= 0.3 is 6.18 Å². The molecule has 0 radical (unpaired) electrons. The van der Waals surface area contributed by atoms with Gasteiger partial charge in [-0.2, -0.15) is 22.8 Å². The number of pyridine rings is 1. The number of rotatable bonds is 17. The van der Waals surface area contributed by atoms with Crippen LogP contribution in [0.3, 0.4) is 0 Å². The second-order valence-corrected chi connectivity index (χ2v) is 28.0. The lowest BCUT2D eigenvalue weighted by atomic mass is 9.78. The van der Waals surface area contributed by atoms with Crippen LogP contribution in [-0.2, 0) is 14.2 Å². The molecule has 282 valence electrons. The number of anilines is 1. The lowest BCUT2D eigenvalue weighted by Crippen LogP contribution is -2.34. The summed E-state index contributed by atoms with van der Waals surface area (Å²) in [7, 11) is -2.71. The Kier molecular flexibility index (Phi) is 12.4. The Bertz CT molecular complexity index is 1600. The van der Waals surface area contributed by atoms with Crippen LogP contribution in [0.5, 0.6) is 0 Å². The van der Waals surface area contributed by atoms with Crippen LogP contribution in [-0.4, -0.2) is 80.3 Å². The predicted molar refractivity (Wildman–Crippen MR) is 201 cm³/mol. The van der Waals surface area contributed by atoms with Crippen molar-refractivity contribution in [1.82, 2.24) is 19.6 Å². The Morgan fingerprint density at radius 3 is 2.10 bits per heavy atom. The van der Waals surface area contributed by atoms with Crippen LogP contribution in [0.15, 0.2) is 31.1 Å². The molecule has 1 unspecified atom stereocenters. The third-order valence-electron chi connectivity index (χ3n) is 9.99. The van der Waals surface area contributed by atoms with Gasteiger partial charge in [-0.25, -0.2) is 4.98 Å². The molecule has 2 bridgehead atoms.